The summed E-state index contributed by atoms with van der Waals surface area (Å²) >= 11 is 0. The van der Waals surface area contributed by atoms with E-state index < -0.39 is 0 Å². The third kappa shape index (κ3) is 2.71. The Labute approximate surface area is 142 Å². The van der Waals surface area contributed by atoms with Crippen molar-refractivity contribution in [1.82, 2.24) is 4.40 Å². The highest BCUT2D eigenvalue weighted by Crippen LogP contribution is 2.37. The summed E-state index contributed by atoms with van der Waals surface area (Å²) in [5.41, 5.74) is 5.86. The largest absolute Gasteiger partial charge is 0.496 e. The average molecular weight is 321 g/mol. The maximum absolute atomic E-state index is 11.8. The van der Waals surface area contributed by atoms with Crippen LogP contribution in [0, 0.1) is 6.92 Å². The van der Waals surface area contributed by atoms with Crippen molar-refractivity contribution in [2.24, 2.45) is 0 Å². The highest BCUT2D eigenvalue weighted by Gasteiger charge is 2.20. The van der Waals surface area contributed by atoms with Crippen molar-refractivity contribution in [1.29, 1.82) is 0 Å². The molecule has 0 radical (unpaired) electrons. The van der Waals surface area contributed by atoms with Crippen LogP contribution in [0.5, 0.6) is 5.75 Å². The van der Waals surface area contributed by atoms with Gasteiger partial charge in [-0.1, -0.05) is 32.9 Å². The van der Waals surface area contributed by atoms with Crippen LogP contribution in [0.2, 0.25) is 0 Å². The van der Waals surface area contributed by atoms with Gasteiger partial charge in [0.2, 0.25) is 0 Å². The molecule has 1 aromatic carbocycles. The molecule has 0 aliphatic heterocycles. The van der Waals surface area contributed by atoms with Gasteiger partial charge in [0.15, 0.2) is 6.29 Å². The van der Waals surface area contributed by atoms with Crippen molar-refractivity contribution < 1.29 is 9.53 Å². The van der Waals surface area contributed by atoms with E-state index in [1.165, 1.54) is 5.56 Å². The van der Waals surface area contributed by atoms with Crippen LogP contribution in [-0.2, 0) is 5.41 Å². The number of fused-ring (bicyclic) bond motifs is 1. The SMILES string of the molecule is COc1ccc(C(C)(C)C)cc1-c1cc2ccc(C)cn2c1C=O. The molecule has 0 fully saturated rings. The van der Waals surface area contributed by atoms with E-state index in [2.05, 4.69) is 39.0 Å². The normalized spacial score (nSPS) is 11.7. The number of rotatable bonds is 3. The molecule has 0 bridgehead atoms. The van der Waals surface area contributed by atoms with Crippen LogP contribution in [0.15, 0.2) is 42.6 Å². The van der Waals surface area contributed by atoms with Gasteiger partial charge in [-0.05, 0) is 47.7 Å². The van der Waals surface area contributed by atoms with Gasteiger partial charge in [-0.2, -0.15) is 0 Å². The molecule has 0 saturated heterocycles. The Bertz CT molecular complexity index is 913. The van der Waals surface area contributed by atoms with Gasteiger partial charge in [0.05, 0.1) is 12.8 Å². The maximum atomic E-state index is 11.8. The van der Waals surface area contributed by atoms with E-state index in [1.54, 1.807) is 7.11 Å². The monoisotopic (exact) mass is 321 g/mol. The average Bonchev–Trinajstić information content (AvgIpc) is 2.90. The first kappa shape index (κ1) is 16.3. The summed E-state index contributed by atoms with van der Waals surface area (Å²) in [5, 5.41) is 0. The zero-order valence-corrected chi connectivity index (χ0v) is 14.9. The van der Waals surface area contributed by atoms with Crippen LogP contribution in [0.1, 0.15) is 42.4 Å². The van der Waals surface area contributed by atoms with Crippen molar-refractivity contribution >= 4 is 11.8 Å². The van der Waals surface area contributed by atoms with E-state index in [1.807, 2.05) is 35.7 Å². The number of hydrogen-bond acceptors (Lipinski definition) is 2. The Morgan fingerprint density at radius 1 is 1.04 bits per heavy atom. The summed E-state index contributed by atoms with van der Waals surface area (Å²) in [6.07, 6.45) is 2.91. The Morgan fingerprint density at radius 3 is 2.42 bits per heavy atom. The number of carbonyl (C=O) groups excluding carboxylic acids is 1. The summed E-state index contributed by atoms with van der Waals surface area (Å²) in [5.74, 6) is 0.777. The smallest absolute Gasteiger partial charge is 0.167 e. The number of pyridine rings is 1. The van der Waals surface area contributed by atoms with E-state index in [4.69, 9.17) is 4.74 Å². The molecule has 24 heavy (non-hydrogen) atoms. The molecule has 2 heterocycles. The third-order valence-corrected chi connectivity index (χ3v) is 4.42. The Morgan fingerprint density at radius 2 is 1.79 bits per heavy atom. The predicted octanol–water partition coefficient (Wildman–Crippen LogP) is 5.03. The van der Waals surface area contributed by atoms with Gasteiger partial charge in [0.1, 0.15) is 5.75 Å². The lowest BCUT2D eigenvalue weighted by molar-refractivity contribution is 0.111. The number of ether oxygens (including phenoxy) is 1. The number of nitrogens with zero attached hydrogens (tertiary/aromatic N) is 1. The second-order valence-electron chi connectivity index (χ2n) is 7.23. The van der Waals surface area contributed by atoms with Crippen LogP contribution >= 0.6 is 0 Å². The first-order chi connectivity index (χ1) is 11.3. The molecule has 3 aromatic rings. The molecule has 0 unspecified atom stereocenters. The second kappa shape index (κ2) is 5.82. The van der Waals surface area contributed by atoms with Crippen LogP contribution in [0.25, 0.3) is 16.6 Å². The fraction of sp³-hybridized carbons (Fsp3) is 0.286. The van der Waals surface area contributed by atoms with Gasteiger partial charge in [-0.15, -0.1) is 0 Å². The van der Waals surface area contributed by atoms with E-state index in [0.29, 0.717) is 5.69 Å². The number of aldehydes is 1. The molecule has 0 saturated carbocycles. The molecule has 0 spiro atoms. The van der Waals surface area contributed by atoms with E-state index in [-0.39, 0.29) is 5.41 Å². The summed E-state index contributed by atoms with van der Waals surface area (Å²) < 4.78 is 7.51. The van der Waals surface area contributed by atoms with Gasteiger partial charge in [0.25, 0.3) is 0 Å². The molecule has 0 amide bonds. The number of aryl methyl sites for hydroxylation is 1. The first-order valence-electron chi connectivity index (χ1n) is 8.11. The fourth-order valence-electron chi connectivity index (χ4n) is 3.02. The molecule has 3 heteroatoms. The Hall–Kier alpha value is -2.55. The van der Waals surface area contributed by atoms with Gasteiger partial charge < -0.3 is 9.14 Å². The minimum Gasteiger partial charge on any atom is -0.496 e. The molecule has 2 aromatic heterocycles. The summed E-state index contributed by atoms with van der Waals surface area (Å²) in [6.45, 7) is 8.56. The van der Waals surface area contributed by atoms with Crippen LogP contribution < -0.4 is 4.74 Å². The fourth-order valence-corrected chi connectivity index (χ4v) is 3.02. The van der Waals surface area contributed by atoms with E-state index in [0.717, 1.165) is 34.2 Å². The zero-order chi connectivity index (χ0) is 17.5. The zero-order valence-electron chi connectivity index (χ0n) is 14.9. The summed E-state index contributed by atoms with van der Waals surface area (Å²) in [4.78, 5) is 11.8. The quantitative estimate of drug-likeness (QED) is 0.633. The minimum absolute atomic E-state index is 0.0259. The predicted molar refractivity (Wildman–Crippen MR) is 98.2 cm³/mol. The molecule has 0 N–H and O–H groups in total. The molecule has 3 nitrogen and oxygen atoms in total. The van der Waals surface area contributed by atoms with Crippen LogP contribution in [0.3, 0.4) is 0 Å². The standard InChI is InChI=1S/C21H23NO2/c1-14-6-8-16-11-17(19(13-23)22(16)12-14)18-10-15(21(2,3)4)7-9-20(18)24-5/h6-13H,1-5H3. The number of carbonyl (C=O) groups is 1. The van der Waals surface area contributed by atoms with Crippen molar-refractivity contribution in [3.63, 3.8) is 0 Å². The molecular formula is C21H23NO2. The number of aromatic nitrogens is 1. The second-order valence-corrected chi connectivity index (χ2v) is 7.23. The van der Waals surface area contributed by atoms with Gasteiger partial charge in [0, 0.05) is 22.8 Å². The lowest BCUT2D eigenvalue weighted by Gasteiger charge is -2.21. The van der Waals surface area contributed by atoms with Crippen LogP contribution in [0.4, 0.5) is 0 Å². The van der Waals surface area contributed by atoms with E-state index >= 15 is 0 Å². The Balaban J connectivity index is 2.32. The van der Waals surface area contributed by atoms with Crippen molar-refractivity contribution in [3.05, 3.63) is 59.4 Å². The molecular weight excluding hydrogens is 298 g/mol. The van der Waals surface area contributed by atoms with Crippen molar-refractivity contribution in [2.75, 3.05) is 7.11 Å². The topological polar surface area (TPSA) is 30.7 Å². The lowest BCUT2D eigenvalue weighted by Crippen LogP contribution is -2.11. The number of benzene rings is 1. The Kier molecular flexibility index (Phi) is 3.96. The highest BCUT2D eigenvalue weighted by atomic mass is 16.5. The minimum atomic E-state index is 0.0259. The van der Waals surface area contributed by atoms with Crippen molar-refractivity contribution in [3.8, 4) is 16.9 Å². The summed E-state index contributed by atoms with van der Waals surface area (Å²) in [7, 11) is 1.66. The molecule has 3 rings (SSSR count). The van der Waals surface area contributed by atoms with Crippen molar-refractivity contribution in [2.45, 2.75) is 33.1 Å². The molecule has 0 atom stereocenters. The van der Waals surface area contributed by atoms with Gasteiger partial charge in [-0.3, -0.25) is 4.79 Å². The molecule has 0 aliphatic rings. The molecule has 0 aliphatic carbocycles. The highest BCUT2D eigenvalue weighted by molar-refractivity contribution is 5.91. The lowest BCUT2D eigenvalue weighted by atomic mass is 9.85. The number of hydrogen-bond donors (Lipinski definition) is 0. The van der Waals surface area contributed by atoms with E-state index in [9.17, 15) is 4.79 Å². The maximum Gasteiger partial charge on any atom is 0.167 e. The van der Waals surface area contributed by atoms with Crippen LogP contribution in [-0.4, -0.2) is 17.8 Å². The first-order valence-corrected chi connectivity index (χ1v) is 8.11. The van der Waals surface area contributed by atoms with Gasteiger partial charge in [-0.25, -0.2) is 0 Å². The van der Waals surface area contributed by atoms with Gasteiger partial charge >= 0.3 is 0 Å². The third-order valence-electron chi connectivity index (χ3n) is 4.42. The molecule has 124 valence electrons. The summed E-state index contributed by atoms with van der Waals surface area (Å²) in [6, 6.07) is 12.3. The number of methoxy groups -OCH3 is 1.